The SMILES string of the molecule is CN(C)C(=O)C[C@H]1Sc2ccc(Cl)cc2NC1=O. The van der Waals surface area contributed by atoms with Gasteiger partial charge >= 0.3 is 0 Å². The third-order valence-corrected chi connectivity index (χ3v) is 4.13. The Morgan fingerprint density at radius 3 is 2.89 bits per heavy atom. The van der Waals surface area contributed by atoms with E-state index < -0.39 is 0 Å². The van der Waals surface area contributed by atoms with Crippen LogP contribution < -0.4 is 5.32 Å². The fourth-order valence-corrected chi connectivity index (χ4v) is 2.85. The quantitative estimate of drug-likeness (QED) is 0.906. The molecule has 1 atom stereocenters. The number of thioether (sulfide) groups is 1. The summed E-state index contributed by atoms with van der Waals surface area (Å²) < 4.78 is 0. The molecule has 2 amide bonds. The average molecular weight is 285 g/mol. The molecule has 0 radical (unpaired) electrons. The molecule has 1 aliphatic rings. The number of anilines is 1. The van der Waals surface area contributed by atoms with E-state index in [9.17, 15) is 9.59 Å². The molecule has 0 saturated carbocycles. The molecule has 0 spiro atoms. The van der Waals surface area contributed by atoms with Crippen molar-refractivity contribution in [1.82, 2.24) is 4.90 Å². The van der Waals surface area contributed by atoms with E-state index in [1.807, 2.05) is 6.07 Å². The molecule has 0 saturated heterocycles. The standard InChI is InChI=1S/C12H13ClN2O2S/c1-15(2)11(16)6-10-12(17)14-8-5-7(13)3-4-9(8)18-10/h3-5,10H,6H2,1-2H3,(H,14,17)/t10-/m1/s1. The number of carbonyl (C=O) groups is 2. The highest BCUT2D eigenvalue weighted by atomic mass is 35.5. The van der Waals surface area contributed by atoms with Crippen LogP contribution in [0.15, 0.2) is 23.1 Å². The summed E-state index contributed by atoms with van der Waals surface area (Å²) in [4.78, 5) is 25.9. The van der Waals surface area contributed by atoms with Gasteiger partial charge in [0.2, 0.25) is 11.8 Å². The molecule has 0 aromatic heterocycles. The number of rotatable bonds is 2. The molecule has 6 heteroatoms. The molecule has 1 aliphatic heterocycles. The monoisotopic (exact) mass is 284 g/mol. The van der Waals surface area contributed by atoms with Crippen molar-refractivity contribution in [1.29, 1.82) is 0 Å². The Hall–Kier alpha value is -1.20. The lowest BCUT2D eigenvalue weighted by molar-refractivity contribution is -0.130. The maximum absolute atomic E-state index is 11.9. The van der Waals surface area contributed by atoms with Crippen LogP contribution in [0.25, 0.3) is 0 Å². The van der Waals surface area contributed by atoms with E-state index in [2.05, 4.69) is 5.32 Å². The van der Waals surface area contributed by atoms with Gasteiger partial charge in [-0.05, 0) is 18.2 Å². The fourth-order valence-electron chi connectivity index (χ4n) is 1.60. The zero-order chi connectivity index (χ0) is 13.3. The fraction of sp³-hybridized carbons (Fsp3) is 0.333. The van der Waals surface area contributed by atoms with Crippen LogP contribution in [0.3, 0.4) is 0 Å². The van der Waals surface area contributed by atoms with Crippen LogP contribution in [-0.2, 0) is 9.59 Å². The van der Waals surface area contributed by atoms with Gasteiger partial charge < -0.3 is 10.2 Å². The number of nitrogens with one attached hydrogen (secondary N) is 1. The second-order valence-corrected chi connectivity index (χ2v) is 5.91. The van der Waals surface area contributed by atoms with Gasteiger partial charge in [0.05, 0.1) is 10.9 Å². The zero-order valence-corrected chi connectivity index (χ0v) is 11.6. The van der Waals surface area contributed by atoms with Gasteiger partial charge in [-0.15, -0.1) is 11.8 Å². The number of benzene rings is 1. The number of hydrogen-bond acceptors (Lipinski definition) is 3. The van der Waals surface area contributed by atoms with Crippen molar-refractivity contribution in [2.24, 2.45) is 0 Å². The summed E-state index contributed by atoms with van der Waals surface area (Å²) in [6.07, 6.45) is 0.200. The van der Waals surface area contributed by atoms with Crippen molar-refractivity contribution in [3.63, 3.8) is 0 Å². The normalized spacial score (nSPS) is 17.9. The Bertz CT molecular complexity index is 505. The Morgan fingerprint density at radius 1 is 1.50 bits per heavy atom. The van der Waals surface area contributed by atoms with Gasteiger partial charge in [-0.25, -0.2) is 0 Å². The van der Waals surface area contributed by atoms with Crippen LogP contribution in [0, 0.1) is 0 Å². The highest BCUT2D eigenvalue weighted by Gasteiger charge is 2.29. The predicted octanol–water partition coefficient (Wildman–Crippen LogP) is 2.23. The summed E-state index contributed by atoms with van der Waals surface area (Å²) in [5.41, 5.74) is 0.714. The summed E-state index contributed by atoms with van der Waals surface area (Å²) in [7, 11) is 3.36. The number of nitrogens with zero attached hydrogens (tertiary/aromatic N) is 1. The molecule has 18 heavy (non-hydrogen) atoms. The van der Waals surface area contributed by atoms with E-state index in [1.54, 1.807) is 26.2 Å². The second kappa shape index (κ2) is 5.20. The molecule has 0 bridgehead atoms. The third kappa shape index (κ3) is 2.79. The molecule has 96 valence electrons. The zero-order valence-electron chi connectivity index (χ0n) is 10.1. The minimum Gasteiger partial charge on any atom is -0.349 e. The minimum absolute atomic E-state index is 0.0555. The molecule has 4 nitrogen and oxygen atoms in total. The second-order valence-electron chi connectivity index (χ2n) is 4.23. The summed E-state index contributed by atoms with van der Waals surface area (Å²) >= 11 is 7.27. The van der Waals surface area contributed by atoms with Crippen LogP contribution in [0.5, 0.6) is 0 Å². The van der Waals surface area contributed by atoms with Crippen molar-refractivity contribution in [2.45, 2.75) is 16.6 Å². The average Bonchev–Trinajstić information content (AvgIpc) is 2.30. The first-order valence-corrected chi connectivity index (χ1v) is 6.70. The molecule has 0 unspecified atom stereocenters. The first-order chi connectivity index (χ1) is 8.47. The van der Waals surface area contributed by atoms with E-state index in [0.717, 1.165) is 4.90 Å². The number of amides is 2. The topological polar surface area (TPSA) is 49.4 Å². The predicted molar refractivity (Wildman–Crippen MR) is 73.0 cm³/mol. The Morgan fingerprint density at radius 2 is 2.22 bits per heavy atom. The van der Waals surface area contributed by atoms with Gasteiger partial charge in [0, 0.05) is 30.4 Å². The number of halogens is 1. The molecule has 1 aromatic carbocycles. The minimum atomic E-state index is -0.381. The smallest absolute Gasteiger partial charge is 0.238 e. The van der Waals surface area contributed by atoms with E-state index in [4.69, 9.17) is 11.6 Å². The van der Waals surface area contributed by atoms with Gasteiger partial charge in [0.15, 0.2) is 0 Å². The molecule has 0 aliphatic carbocycles. The van der Waals surface area contributed by atoms with Gasteiger partial charge in [-0.2, -0.15) is 0 Å². The van der Waals surface area contributed by atoms with Gasteiger partial charge in [-0.3, -0.25) is 9.59 Å². The van der Waals surface area contributed by atoms with Crippen molar-refractivity contribution < 1.29 is 9.59 Å². The summed E-state index contributed by atoms with van der Waals surface area (Å²) in [6, 6.07) is 5.34. The molecule has 1 aromatic rings. The highest BCUT2D eigenvalue weighted by molar-refractivity contribution is 8.01. The van der Waals surface area contributed by atoms with Gasteiger partial charge in [-0.1, -0.05) is 11.6 Å². The van der Waals surface area contributed by atoms with Crippen LogP contribution in [-0.4, -0.2) is 36.1 Å². The van der Waals surface area contributed by atoms with Crippen molar-refractivity contribution in [3.05, 3.63) is 23.2 Å². The van der Waals surface area contributed by atoms with Crippen LogP contribution >= 0.6 is 23.4 Å². The molecular formula is C12H13ClN2O2S. The summed E-state index contributed by atoms with van der Waals surface area (Å²) in [6.45, 7) is 0. The van der Waals surface area contributed by atoms with Crippen LogP contribution in [0.2, 0.25) is 5.02 Å². The van der Waals surface area contributed by atoms with Gasteiger partial charge in [0.25, 0.3) is 0 Å². The molecule has 2 rings (SSSR count). The van der Waals surface area contributed by atoms with Crippen LogP contribution in [0.1, 0.15) is 6.42 Å². The largest absolute Gasteiger partial charge is 0.349 e. The van der Waals surface area contributed by atoms with E-state index in [1.165, 1.54) is 16.7 Å². The summed E-state index contributed by atoms with van der Waals surface area (Å²) in [5.74, 6) is -0.204. The molecule has 1 N–H and O–H groups in total. The molecular weight excluding hydrogens is 272 g/mol. The van der Waals surface area contributed by atoms with E-state index in [-0.39, 0.29) is 23.5 Å². The molecule has 0 fully saturated rings. The number of hydrogen-bond donors (Lipinski definition) is 1. The third-order valence-electron chi connectivity index (χ3n) is 2.62. The lowest BCUT2D eigenvalue weighted by Gasteiger charge is -2.24. The summed E-state index contributed by atoms with van der Waals surface area (Å²) in [5, 5.41) is 2.98. The highest BCUT2D eigenvalue weighted by Crippen LogP contribution is 2.38. The lowest BCUT2D eigenvalue weighted by atomic mass is 10.2. The first-order valence-electron chi connectivity index (χ1n) is 5.44. The maximum atomic E-state index is 11.9. The van der Waals surface area contributed by atoms with Crippen molar-refractivity contribution in [2.75, 3.05) is 19.4 Å². The van der Waals surface area contributed by atoms with Crippen molar-refractivity contribution in [3.8, 4) is 0 Å². The van der Waals surface area contributed by atoms with Gasteiger partial charge in [0.1, 0.15) is 0 Å². The number of carbonyl (C=O) groups excluding carboxylic acids is 2. The molecule has 1 heterocycles. The van der Waals surface area contributed by atoms with Crippen molar-refractivity contribution >= 4 is 40.9 Å². The number of fused-ring (bicyclic) bond motifs is 1. The first kappa shape index (κ1) is 13.2. The lowest BCUT2D eigenvalue weighted by Crippen LogP contribution is -2.34. The van der Waals surface area contributed by atoms with E-state index in [0.29, 0.717) is 10.7 Å². The van der Waals surface area contributed by atoms with Crippen LogP contribution in [0.4, 0.5) is 5.69 Å². The Kier molecular flexibility index (Phi) is 3.82. The maximum Gasteiger partial charge on any atom is 0.238 e. The Balaban J connectivity index is 2.16. The van der Waals surface area contributed by atoms with E-state index >= 15 is 0 Å². The Labute approximate surface area is 115 Å².